The molecule has 4 rings (SSSR count). The van der Waals surface area contributed by atoms with Crippen LogP contribution in [0.1, 0.15) is 42.7 Å². The molecule has 0 aliphatic carbocycles. The van der Waals surface area contributed by atoms with Gasteiger partial charge in [0.25, 0.3) is 5.91 Å². The second-order valence-corrected chi connectivity index (χ2v) is 9.91. The number of carbonyl (C=O) groups excluding carboxylic acids is 1. The van der Waals surface area contributed by atoms with E-state index in [1.54, 1.807) is 0 Å². The average molecular weight is 415 g/mol. The van der Waals surface area contributed by atoms with Crippen molar-refractivity contribution < 1.29 is 4.79 Å². The minimum absolute atomic E-state index is 0.0373. The van der Waals surface area contributed by atoms with Crippen LogP contribution < -0.4 is 0 Å². The third-order valence-corrected chi connectivity index (χ3v) is 7.22. The van der Waals surface area contributed by atoms with Crippen LogP contribution in [0.4, 0.5) is 0 Å². The molecule has 1 aromatic carbocycles. The highest BCUT2D eigenvalue weighted by molar-refractivity contribution is 8.14. The minimum Gasteiger partial charge on any atom is -0.348 e. The third kappa shape index (κ3) is 4.10. The van der Waals surface area contributed by atoms with Gasteiger partial charge >= 0.3 is 0 Å². The molecule has 0 spiro atoms. The van der Waals surface area contributed by atoms with E-state index in [4.69, 9.17) is 0 Å². The van der Waals surface area contributed by atoms with Gasteiger partial charge < -0.3 is 9.80 Å². The van der Waals surface area contributed by atoms with Crippen LogP contribution in [-0.2, 0) is 0 Å². The maximum Gasteiger partial charge on any atom is 0.273 e. The van der Waals surface area contributed by atoms with Crippen LogP contribution >= 0.6 is 23.1 Å². The SMILES string of the molecule is CC1CN=C(N2CCN(C(=O)c3csc(-c4ccc(C(C)C)cc4)n3)CC2)S1. The number of nitrogens with zero attached hydrogens (tertiary/aromatic N) is 4. The summed E-state index contributed by atoms with van der Waals surface area (Å²) >= 11 is 3.38. The first-order valence-corrected chi connectivity index (χ1v) is 11.6. The van der Waals surface area contributed by atoms with Gasteiger partial charge in [-0.1, -0.05) is 56.8 Å². The Kier molecular flexibility index (Phi) is 5.73. The van der Waals surface area contributed by atoms with Gasteiger partial charge in [0.05, 0.1) is 6.54 Å². The molecule has 28 heavy (non-hydrogen) atoms. The van der Waals surface area contributed by atoms with E-state index >= 15 is 0 Å². The lowest BCUT2D eigenvalue weighted by molar-refractivity contribution is 0.0688. The van der Waals surface area contributed by atoms with Crippen LogP contribution in [-0.4, -0.2) is 63.8 Å². The quantitative estimate of drug-likeness (QED) is 0.756. The molecular weight excluding hydrogens is 388 g/mol. The van der Waals surface area contributed by atoms with Crippen molar-refractivity contribution >= 4 is 34.2 Å². The summed E-state index contributed by atoms with van der Waals surface area (Å²) < 4.78 is 0. The van der Waals surface area contributed by atoms with Gasteiger partial charge in [0.1, 0.15) is 10.7 Å². The molecular formula is C21H26N4OS2. The fraction of sp³-hybridized carbons (Fsp3) is 0.476. The van der Waals surface area contributed by atoms with E-state index in [-0.39, 0.29) is 5.91 Å². The summed E-state index contributed by atoms with van der Waals surface area (Å²) in [6.07, 6.45) is 0. The molecule has 2 aliphatic heterocycles. The maximum absolute atomic E-state index is 12.9. The van der Waals surface area contributed by atoms with Crippen molar-refractivity contribution in [2.75, 3.05) is 32.7 Å². The van der Waals surface area contributed by atoms with E-state index in [0.29, 0.717) is 16.9 Å². The summed E-state index contributed by atoms with van der Waals surface area (Å²) in [5.41, 5.74) is 2.94. The third-order valence-electron chi connectivity index (χ3n) is 5.18. The molecule has 1 aromatic heterocycles. The molecule has 1 fully saturated rings. The summed E-state index contributed by atoms with van der Waals surface area (Å²) in [6, 6.07) is 8.49. The summed E-state index contributed by atoms with van der Waals surface area (Å²) in [5.74, 6) is 0.549. The predicted molar refractivity (Wildman–Crippen MR) is 118 cm³/mol. The second kappa shape index (κ2) is 8.25. The van der Waals surface area contributed by atoms with Gasteiger partial charge in [0, 0.05) is 42.4 Å². The zero-order valence-electron chi connectivity index (χ0n) is 16.6. The van der Waals surface area contributed by atoms with Crippen molar-refractivity contribution in [1.82, 2.24) is 14.8 Å². The number of piperazine rings is 1. The molecule has 3 heterocycles. The fourth-order valence-corrected chi connectivity index (χ4v) is 5.20. The van der Waals surface area contributed by atoms with Gasteiger partial charge in [0.2, 0.25) is 0 Å². The lowest BCUT2D eigenvalue weighted by Gasteiger charge is -2.35. The zero-order chi connectivity index (χ0) is 19.7. The number of thiazole rings is 1. The Hall–Kier alpha value is -1.86. The molecule has 0 bridgehead atoms. The first-order chi connectivity index (χ1) is 13.5. The van der Waals surface area contributed by atoms with Crippen LogP contribution in [0.25, 0.3) is 10.6 Å². The molecule has 1 amide bonds. The molecule has 0 N–H and O–H groups in total. The van der Waals surface area contributed by atoms with E-state index in [1.165, 1.54) is 16.9 Å². The Balaban J connectivity index is 1.38. The maximum atomic E-state index is 12.9. The summed E-state index contributed by atoms with van der Waals surface area (Å²) in [6.45, 7) is 10.6. The zero-order valence-corrected chi connectivity index (χ0v) is 18.2. The number of amides is 1. The van der Waals surface area contributed by atoms with Crippen molar-refractivity contribution in [1.29, 1.82) is 0 Å². The van der Waals surface area contributed by atoms with Crippen molar-refractivity contribution in [2.24, 2.45) is 4.99 Å². The van der Waals surface area contributed by atoms with Crippen molar-refractivity contribution in [2.45, 2.75) is 31.9 Å². The van der Waals surface area contributed by atoms with Gasteiger partial charge in [-0.25, -0.2) is 4.98 Å². The number of amidine groups is 1. The number of aliphatic imine (C=N–C) groups is 1. The molecule has 5 nitrogen and oxygen atoms in total. The molecule has 1 unspecified atom stereocenters. The molecule has 7 heteroatoms. The number of benzene rings is 1. The molecule has 2 aliphatic rings. The van der Waals surface area contributed by atoms with Crippen LogP contribution in [0.5, 0.6) is 0 Å². The Morgan fingerprint density at radius 3 is 2.46 bits per heavy atom. The normalized spacial score (nSPS) is 20.0. The van der Waals surface area contributed by atoms with Crippen molar-refractivity contribution in [3.8, 4) is 10.6 Å². The van der Waals surface area contributed by atoms with Crippen LogP contribution in [0, 0.1) is 0 Å². The first-order valence-electron chi connectivity index (χ1n) is 9.82. The standard InChI is InChI=1S/C21H26N4OS2/c1-14(2)16-4-6-17(7-5-16)19-23-18(13-27-19)20(26)24-8-10-25(11-9-24)21-22-12-15(3)28-21/h4-7,13-15H,8-12H2,1-3H3. The lowest BCUT2D eigenvalue weighted by Crippen LogP contribution is -2.50. The van der Waals surface area contributed by atoms with E-state index in [0.717, 1.165) is 48.5 Å². The van der Waals surface area contributed by atoms with Crippen LogP contribution in [0.3, 0.4) is 0 Å². The molecule has 0 radical (unpaired) electrons. The van der Waals surface area contributed by atoms with E-state index in [1.807, 2.05) is 22.0 Å². The topological polar surface area (TPSA) is 48.8 Å². The Morgan fingerprint density at radius 2 is 1.86 bits per heavy atom. The molecule has 2 aromatic rings. The number of hydrogen-bond acceptors (Lipinski definition) is 6. The van der Waals surface area contributed by atoms with Gasteiger partial charge in [-0.05, 0) is 11.5 Å². The number of rotatable bonds is 3. The van der Waals surface area contributed by atoms with Crippen molar-refractivity contribution in [3.63, 3.8) is 0 Å². The highest BCUT2D eigenvalue weighted by Crippen LogP contribution is 2.27. The number of aromatic nitrogens is 1. The Bertz CT molecular complexity index is 867. The summed E-state index contributed by atoms with van der Waals surface area (Å²) in [4.78, 5) is 26.3. The van der Waals surface area contributed by atoms with Gasteiger partial charge in [-0.2, -0.15) is 0 Å². The number of thioether (sulfide) groups is 1. The molecule has 0 saturated carbocycles. The number of carbonyl (C=O) groups is 1. The largest absolute Gasteiger partial charge is 0.348 e. The fourth-order valence-electron chi connectivity index (χ4n) is 3.41. The van der Waals surface area contributed by atoms with E-state index in [9.17, 15) is 4.79 Å². The second-order valence-electron chi connectivity index (χ2n) is 7.65. The van der Waals surface area contributed by atoms with Gasteiger partial charge in [0.15, 0.2) is 5.17 Å². The smallest absolute Gasteiger partial charge is 0.273 e. The van der Waals surface area contributed by atoms with Crippen LogP contribution in [0.15, 0.2) is 34.6 Å². The molecule has 1 saturated heterocycles. The Labute approximate surface area is 174 Å². The lowest BCUT2D eigenvalue weighted by atomic mass is 10.0. The molecule has 148 valence electrons. The van der Waals surface area contributed by atoms with Gasteiger partial charge in [-0.3, -0.25) is 9.79 Å². The summed E-state index contributed by atoms with van der Waals surface area (Å²) in [7, 11) is 0. The van der Waals surface area contributed by atoms with E-state index in [2.05, 4.69) is 59.9 Å². The summed E-state index contributed by atoms with van der Waals surface area (Å²) in [5, 5.41) is 4.50. The van der Waals surface area contributed by atoms with E-state index < -0.39 is 0 Å². The molecule has 1 atom stereocenters. The monoisotopic (exact) mass is 414 g/mol. The minimum atomic E-state index is 0.0373. The van der Waals surface area contributed by atoms with Crippen molar-refractivity contribution in [3.05, 3.63) is 40.9 Å². The predicted octanol–water partition coefficient (Wildman–Crippen LogP) is 4.18. The highest BCUT2D eigenvalue weighted by Gasteiger charge is 2.28. The first kappa shape index (κ1) is 19.5. The van der Waals surface area contributed by atoms with Gasteiger partial charge in [-0.15, -0.1) is 11.3 Å². The highest BCUT2D eigenvalue weighted by atomic mass is 32.2. The van der Waals surface area contributed by atoms with Crippen LogP contribution in [0.2, 0.25) is 0 Å². The Morgan fingerprint density at radius 1 is 1.14 bits per heavy atom. The average Bonchev–Trinajstić information content (AvgIpc) is 3.37. The number of hydrogen-bond donors (Lipinski definition) is 0.